The van der Waals surface area contributed by atoms with Crippen LogP contribution in [0.5, 0.6) is 5.75 Å². The Labute approximate surface area is 142 Å². The zero-order valence-electron chi connectivity index (χ0n) is 13.3. The summed E-state index contributed by atoms with van der Waals surface area (Å²) in [6, 6.07) is 16.3. The number of nitrogens with zero attached hydrogens (tertiary/aromatic N) is 1. The van der Waals surface area contributed by atoms with E-state index in [0.29, 0.717) is 23.4 Å². The molecular weight excluding hydrogens is 310 g/mol. The highest BCUT2D eigenvalue weighted by molar-refractivity contribution is 6.32. The van der Waals surface area contributed by atoms with Gasteiger partial charge in [0.2, 0.25) is 0 Å². The molecule has 0 amide bonds. The number of fused-ring (bicyclic) bond motifs is 1. The van der Waals surface area contributed by atoms with Gasteiger partial charge in [0, 0.05) is 12.6 Å². The number of aryl methyl sites for hydroxylation is 1. The average Bonchev–Trinajstić information content (AvgIpc) is 2.98. The van der Waals surface area contributed by atoms with Crippen LogP contribution in [0.1, 0.15) is 23.6 Å². The van der Waals surface area contributed by atoms with E-state index in [4.69, 9.17) is 16.3 Å². The van der Waals surface area contributed by atoms with Crippen molar-refractivity contribution in [2.45, 2.75) is 25.0 Å². The van der Waals surface area contributed by atoms with Crippen LogP contribution >= 0.6 is 11.6 Å². The van der Waals surface area contributed by atoms with Gasteiger partial charge in [-0.05, 0) is 43.1 Å². The highest BCUT2D eigenvalue weighted by atomic mass is 35.5. The Kier molecular flexibility index (Phi) is 5.21. The summed E-state index contributed by atoms with van der Waals surface area (Å²) in [5.74, 6) is 0.613. The molecule has 2 unspecified atom stereocenters. The molecule has 0 heterocycles. The van der Waals surface area contributed by atoms with Crippen LogP contribution in [0.4, 0.5) is 0 Å². The van der Waals surface area contributed by atoms with Gasteiger partial charge in [0.05, 0.1) is 5.02 Å². The van der Waals surface area contributed by atoms with Crippen molar-refractivity contribution in [3.05, 3.63) is 64.7 Å². The van der Waals surface area contributed by atoms with E-state index < -0.39 is 6.10 Å². The number of rotatable bonds is 6. The van der Waals surface area contributed by atoms with Crippen molar-refractivity contribution in [1.82, 2.24) is 4.90 Å². The number of aliphatic hydroxyl groups excluding tert-OH is 1. The van der Waals surface area contributed by atoms with Crippen LogP contribution in [0.3, 0.4) is 0 Å². The van der Waals surface area contributed by atoms with E-state index in [9.17, 15) is 5.11 Å². The Morgan fingerprint density at radius 2 is 1.96 bits per heavy atom. The summed E-state index contributed by atoms with van der Waals surface area (Å²) in [5, 5.41) is 10.8. The molecule has 0 radical (unpaired) electrons. The first kappa shape index (κ1) is 16.3. The van der Waals surface area contributed by atoms with Crippen molar-refractivity contribution < 1.29 is 9.84 Å². The first-order valence-electron chi connectivity index (χ1n) is 7.98. The van der Waals surface area contributed by atoms with E-state index >= 15 is 0 Å². The third kappa shape index (κ3) is 3.86. The quantitative estimate of drug-likeness (QED) is 0.876. The molecule has 23 heavy (non-hydrogen) atoms. The van der Waals surface area contributed by atoms with Gasteiger partial charge in [-0.2, -0.15) is 0 Å². The van der Waals surface area contributed by atoms with Crippen LogP contribution in [-0.4, -0.2) is 36.3 Å². The number of hydrogen-bond donors (Lipinski definition) is 1. The van der Waals surface area contributed by atoms with Crippen LogP contribution in [0.2, 0.25) is 5.02 Å². The molecule has 0 bridgehead atoms. The minimum Gasteiger partial charge on any atom is -0.489 e. The molecule has 0 saturated heterocycles. The van der Waals surface area contributed by atoms with Gasteiger partial charge in [0.25, 0.3) is 0 Å². The summed E-state index contributed by atoms with van der Waals surface area (Å²) in [6.45, 7) is 0.811. The summed E-state index contributed by atoms with van der Waals surface area (Å²) >= 11 is 6.06. The molecule has 0 spiro atoms. The zero-order chi connectivity index (χ0) is 16.2. The highest BCUT2D eigenvalue weighted by Crippen LogP contribution is 2.34. The molecule has 2 aromatic rings. The van der Waals surface area contributed by atoms with Crippen molar-refractivity contribution in [3.8, 4) is 5.75 Å². The molecule has 4 heteroatoms. The lowest BCUT2D eigenvalue weighted by molar-refractivity contribution is 0.0630. The van der Waals surface area contributed by atoms with E-state index in [1.807, 2.05) is 18.2 Å². The Morgan fingerprint density at radius 1 is 1.22 bits per heavy atom. The van der Waals surface area contributed by atoms with Crippen LogP contribution in [0.15, 0.2) is 48.5 Å². The smallest absolute Gasteiger partial charge is 0.138 e. The van der Waals surface area contributed by atoms with Gasteiger partial charge in [-0.15, -0.1) is 0 Å². The summed E-state index contributed by atoms with van der Waals surface area (Å²) in [6.07, 6.45) is 1.66. The molecule has 3 nitrogen and oxygen atoms in total. The van der Waals surface area contributed by atoms with Gasteiger partial charge in [0.15, 0.2) is 0 Å². The Balaban J connectivity index is 1.54. The molecular formula is C19H22ClNO2. The Bertz CT molecular complexity index is 661. The summed E-state index contributed by atoms with van der Waals surface area (Å²) in [5.41, 5.74) is 2.81. The molecule has 2 aromatic carbocycles. The van der Waals surface area contributed by atoms with E-state index in [0.717, 1.165) is 12.8 Å². The second-order valence-corrected chi connectivity index (χ2v) is 6.50. The number of para-hydroxylation sites is 1. The van der Waals surface area contributed by atoms with Crippen molar-refractivity contribution >= 4 is 11.6 Å². The number of likely N-dealkylation sites (N-methyl/N-ethyl adjacent to an activating group) is 1. The predicted octanol–water partition coefficient (Wildman–Crippen LogP) is 3.70. The van der Waals surface area contributed by atoms with Gasteiger partial charge in [-0.1, -0.05) is 48.0 Å². The fourth-order valence-corrected chi connectivity index (χ4v) is 3.44. The van der Waals surface area contributed by atoms with Gasteiger partial charge in [-0.25, -0.2) is 0 Å². The Hall–Kier alpha value is -1.55. The third-order valence-electron chi connectivity index (χ3n) is 4.40. The Morgan fingerprint density at radius 3 is 2.78 bits per heavy atom. The molecule has 0 aliphatic heterocycles. The van der Waals surface area contributed by atoms with Crippen LogP contribution in [0, 0.1) is 0 Å². The van der Waals surface area contributed by atoms with Crippen molar-refractivity contribution in [1.29, 1.82) is 0 Å². The van der Waals surface area contributed by atoms with E-state index in [2.05, 4.69) is 36.2 Å². The maximum Gasteiger partial charge on any atom is 0.138 e. The molecule has 1 aliphatic rings. The van der Waals surface area contributed by atoms with Crippen molar-refractivity contribution in [2.24, 2.45) is 0 Å². The number of hydrogen-bond acceptors (Lipinski definition) is 3. The lowest BCUT2D eigenvalue weighted by atomic mass is 10.1. The predicted molar refractivity (Wildman–Crippen MR) is 93.1 cm³/mol. The molecule has 122 valence electrons. The molecule has 1 N–H and O–H groups in total. The monoisotopic (exact) mass is 331 g/mol. The summed E-state index contributed by atoms with van der Waals surface area (Å²) < 4.78 is 5.62. The van der Waals surface area contributed by atoms with Gasteiger partial charge in [0.1, 0.15) is 18.5 Å². The first-order valence-corrected chi connectivity index (χ1v) is 8.36. The fraction of sp³-hybridized carbons (Fsp3) is 0.368. The lowest BCUT2D eigenvalue weighted by Crippen LogP contribution is -2.35. The standard InChI is InChI=1S/C19H22ClNO2/c1-21(18-11-10-14-6-2-3-7-16(14)18)12-15(22)13-23-19-9-5-4-8-17(19)20/h2-9,15,18,22H,10-13H2,1H3. The number of benzene rings is 2. The lowest BCUT2D eigenvalue weighted by Gasteiger charge is -2.27. The normalized spacial score (nSPS) is 18.0. The van der Waals surface area contributed by atoms with Gasteiger partial charge < -0.3 is 9.84 Å². The second-order valence-electron chi connectivity index (χ2n) is 6.09. The van der Waals surface area contributed by atoms with Crippen LogP contribution in [0.25, 0.3) is 0 Å². The molecule has 1 aliphatic carbocycles. The highest BCUT2D eigenvalue weighted by Gasteiger charge is 2.26. The molecule has 0 saturated carbocycles. The van der Waals surface area contributed by atoms with Crippen LogP contribution < -0.4 is 4.74 Å². The number of halogens is 1. The average molecular weight is 332 g/mol. The molecule has 0 fully saturated rings. The van der Waals surface area contributed by atoms with E-state index in [1.54, 1.807) is 6.07 Å². The SMILES string of the molecule is CN(CC(O)COc1ccccc1Cl)C1CCc2ccccc21. The minimum atomic E-state index is -0.552. The molecule has 0 aromatic heterocycles. The number of aliphatic hydroxyl groups is 1. The second kappa shape index (κ2) is 7.35. The third-order valence-corrected chi connectivity index (χ3v) is 4.71. The van der Waals surface area contributed by atoms with E-state index in [1.165, 1.54) is 11.1 Å². The topological polar surface area (TPSA) is 32.7 Å². The van der Waals surface area contributed by atoms with Gasteiger partial charge >= 0.3 is 0 Å². The van der Waals surface area contributed by atoms with Crippen LogP contribution in [-0.2, 0) is 6.42 Å². The van der Waals surface area contributed by atoms with Crippen molar-refractivity contribution in [3.63, 3.8) is 0 Å². The summed E-state index contributed by atoms with van der Waals surface area (Å²) in [4.78, 5) is 2.21. The fourth-order valence-electron chi connectivity index (χ4n) is 3.25. The maximum absolute atomic E-state index is 10.3. The summed E-state index contributed by atoms with van der Waals surface area (Å²) in [7, 11) is 2.06. The van der Waals surface area contributed by atoms with Gasteiger partial charge in [-0.3, -0.25) is 4.90 Å². The van der Waals surface area contributed by atoms with Crippen molar-refractivity contribution in [2.75, 3.05) is 20.2 Å². The molecule has 2 atom stereocenters. The number of ether oxygens (including phenoxy) is 1. The largest absolute Gasteiger partial charge is 0.489 e. The zero-order valence-corrected chi connectivity index (χ0v) is 14.0. The van der Waals surface area contributed by atoms with E-state index in [-0.39, 0.29) is 6.61 Å². The first-order chi connectivity index (χ1) is 11.1. The maximum atomic E-state index is 10.3. The molecule has 3 rings (SSSR count). The minimum absolute atomic E-state index is 0.239.